The van der Waals surface area contributed by atoms with Crippen LogP contribution in [0.5, 0.6) is 11.5 Å². The largest absolute Gasteiger partial charge is 0.452 e. The van der Waals surface area contributed by atoms with Crippen molar-refractivity contribution in [2.24, 2.45) is 5.92 Å². The van der Waals surface area contributed by atoms with Crippen LogP contribution in [0.2, 0.25) is 10.0 Å². The van der Waals surface area contributed by atoms with Crippen molar-refractivity contribution >= 4 is 34.8 Å². The molecule has 0 aromatic heterocycles. The first-order chi connectivity index (χ1) is 10.5. The van der Waals surface area contributed by atoms with Crippen molar-refractivity contribution in [2.75, 3.05) is 0 Å². The van der Waals surface area contributed by atoms with Crippen molar-refractivity contribution in [3.05, 3.63) is 70.2 Å². The normalized spacial score (nSPS) is 18.6. The number of ether oxygens (including phenoxy) is 2. The molecule has 1 fully saturated rings. The van der Waals surface area contributed by atoms with E-state index < -0.39 is 5.79 Å². The maximum atomic E-state index is 6.05. The molecule has 2 aromatic rings. The van der Waals surface area contributed by atoms with E-state index in [1.807, 2.05) is 0 Å². The van der Waals surface area contributed by atoms with Gasteiger partial charge in [0.15, 0.2) is 0 Å². The summed E-state index contributed by atoms with van der Waals surface area (Å²) in [6, 6.07) is 14.2. The second-order valence-corrected chi connectivity index (χ2v) is 6.49. The van der Waals surface area contributed by atoms with Gasteiger partial charge in [-0.1, -0.05) is 41.4 Å². The Morgan fingerprint density at radius 3 is 1.64 bits per heavy atom. The van der Waals surface area contributed by atoms with E-state index in [4.69, 9.17) is 44.3 Å². The van der Waals surface area contributed by atoms with Crippen LogP contribution in [0.3, 0.4) is 0 Å². The topological polar surface area (TPSA) is 18.5 Å². The molecule has 0 spiro atoms. The molecular weight excluding hydrogens is 343 g/mol. The van der Waals surface area contributed by atoms with Crippen LogP contribution in [-0.4, -0.2) is 5.79 Å². The maximum absolute atomic E-state index is 6.05. The average molecular weight is 356 g/mol. The summed E-state index contributed by atoms with van der Waals surface area (Å²) in [6.45, 7) is 3.79. The fraction of sp³-hybridized carbons (Fsp3) is 0.176. The summed E-state index contributed by atoms with van der Waals surface area (Å²) in [5.41, 5.74) is 0. The quantitative estimate of drug-likeness (QED) is 0.620. The Morgan fingerprint density at radius 2 is 1.32 bits per heavy atom. The summed E-state index contributed by atoms with van der Waals surface area (Å²) < 4.78 is 12.0. The van der Waals surface area contributed by atoms with E-state index in [1.54, 1.807) is 48.5 Å². The average Bonchev–Trinajstić information content (AvgIpc) is 3.18. The maximum Gasteiger partial charge on any atom is 0.260 e. The minimum absolute atomic E-state index is 0.0690. The molecule has 3 rings (SSSR count). The molecule has 1 atom stereocenters. The van der Waals surface area contributed by atoms with Gasteiger partial charge >= 0.3 is 0 Å². The highest BCUT2D eigenvalue weighted by Crippen LogP contribution is 2.52. The summed E-state index contributed by atoms with van der Waals surface area (Å²) >= 11 is 17.8. The molecule has 5 heteroatoms. The van der Waals surface area contributed by atoms with E-state index >= 15 is 0 Å². The number of rotatable bonds is 5. The lowest BCUT2D eigenvalue weighted by molar-refractivity contribution is -0.0310. The molecule has 114 valence electrons. The highest BCUT2D eigenvalue weighted by atomic mass is 35.5. The molecular formula is C17H13Cl3O2. The van der Waals surface area contributed by atoms with Crippen molar-refractivity contribution in [1.29, 1.82) is 0 Å². The molecule has 2 nitrogen and oxygen atoms in total. The zero-order valence-electron chi connectivity index (χ0n) is 11.6. The second-order valence-electron chi connectivity index (χ2n) is 5.13. The summed E-state index contributed by atoms with van der Waals surface area (Å²) in [7, 11) is 0. The Labute approximate surface area is 144 Å². The molecule has 1 aliphatic rings. The van der Waals surface area contributed by atoms with E-state index in [2.05, 4.69) is 6.58 Å². The monoisotopic (exact) mass is 354 g/mol. The lowest BCUT2D eigenvalue weighted by Crippen LogP contribution is -2.29. The number of hydrogen-bond donors (Lipinski definition) is 0. The minimum Gasteiger partial charge on any atom is -0.452 e. The van der Waals surface area contributed by atoms with Crippen molar-refractivity contribution in [3.63, 3.8) is 0 Å². The van der Waals surface area contributed by atoms with Crippen molar-refractivity contribution in [2.45, 2.75) is 12.2 Å². The third-order valence-electron chi connectivity index (χ3n) is 3.45. The summed E-state index contributed by atoms with van der Waals surface area (Å²) in [4.78, 5) is 0. The molecule has 1 unspecified atom stereocenters. The Morgan fingerprint density at radius 1 is 0.909 bits per heavy atom. The number of hydrogen-bond acceptors (Lipinski definition) is 2. The fourth-order valence-electron chi connectivity index (χ4n) is 2.23. The van der Waals surface area contributed by atoms with Gasteiger partial charge in [-0.05, 0) is 48.5 Å². The molecule has 0 amide bonds. The standard InChI is InChI=1S/C17H13Cl3O2/c1-11(18)16-10-17(16,21-14-6-2-12(19)3-7-14)22-15-8-4-13(20)5-9-15/h2-9,16H,1,10H2. The number of benzene rings is 2. The van der Waals surface area contributed by atoms with Gasteiger partial charge < -0.3 is 9.47 Å². The Hall–Kier alpha value is -1.35. The van der Waals surface area contributed by atoms with Crippen LogP contribution in [0.4, 0.5) is 0 Å². The van der Waals surface area contributed by atoms with Crippen LogP contribution in [0.1, 0.15) is 6.42 Å². The van der Waals surface area contributed by atoms with Gasteiger partial charge in [-0.25, -0.2) is 0 Å². The third-order valence-corrected chi connectivity index (χ3v) is 4.21. The highest BCUT2D eigenvalue weighted by Gasteiger charge is 2.61. The van der Waals surface area contributed by atoms with E-state index in [9.17, 15) is 0 Å². The van der Waals surface area contributed by atoms with E-state index in [0.29, 0.717) is 33.0 Å². The Bertz CT molecular complexity index is 633. The summed E-state index contributed by atoms with van der Waals surface area (Å²) in [6.07, 6.45) is 0.639. The lowest BCUT2D eigenvalue weighted by Gasteiger charge is -2.21. The van der Waals surface area contributed by atoms with Crippen molar-refractivity contribution < 1.29 is 9.47 Å². The van der Waals surface area contributed by atoms with E-state index in [-0.39, 0.29) is 5.92 Å². The summed E-state index contributed by atoms with van der Waals surface area (Å²) in [5, 5.41) is 1.81. The lowest BCUT2D eigenvalue weighted by atomic mass is 10.3. The van der Waals surface area contributed by atoms with E-state index in [0.717, 1.165) is 0 Å². The van der Waals surface area contributed by atoms with Gasteiger partial charge in [-0.2, -0.15) is 0 Å². The first-order valence-electron chi connectivity index (χ1n) is 6.72. The molecule has 0 N–H and O–H groups in total. The van der Waals surface area contributed by atoms with Gasteiger partial charge in [-0.15, -0.1) is 0 Å². The van der Waals surface area contributed by atoms with Gasteiger partial charge in [0.1, 0.15) is 11.5 Å². The van der Waals surface area contributed by atoms with Crippen LogP contribution in [0.25, 0.3) is 0 Å². The molecule has 0 aliphatic heterocycles. The Balaban J connectivity index is 1.81. The second kappa shape index (κ2) is 6.04. The molecule has 2 aromatic carbocycles. The van der Waals surface area contributed by atoms with Crippen molar-refractivity contribution in [3.8, 4) is 11.5 Å². The van der Waals surface area contributed by atoms with Gasteiger partial charge in [0.25, 0.3) is 5.79 Å². The van der Waals surface area contributed by atoms with Crippen LogP contribution < -0.4 is 9.47 Å². The molecule has 1 saturated carbocycles. The zero-order valence-corrected chi connectivity index (χ0v) is 13.8. The van der Waals surface area contributed by atoms with Gasteiger partial charge in [0, 0.05) is 21.5 Å². The van der Waals surface area contributed by atoms with Crippen LogP contribution >= 0.6 is 34.8 Å². The minimum atomic E-state index is -0.833. The fourth-order valence-corrected chi connectivity index (χ4v) is 2.72. The zero-order chi connectivity index (χ0) is 15.7. The molecule has 22 heavy (non-hydrogen) atoms. The third kappa shape index (κ3) is 3.35. The predicted octanol–water partition coefficient (Wildman–Crippen LogP) is 5.92. The Kier molecular flexibility index (Phi) is 4.26. The molecule has 1 aliphatic carbocycles. The number of halogens is 3. The SMILES string of the molecule is C=C(Cl)C1CC1(Oc1ccc(Cl)cc1)Oc1ccc(Cl)cc1. The molecule has 0 saturated heterocycles. The smallest absolute Gasteiger partial charge is 0.260 e. The van der Waals surface area contributed by atoms with Crippen LogP contribution in [0.15, 0.2) is 60.1 Å². The van der Waals surface area contributed by atoms with Crippen LogP contribution in [-0.2, 0) is 0 Å². The van der Waals surface area contributed by atoms with Gasteiger partial charge in [-0.3, -0.25) is 0 Å². The van der Waals surface area contributed by atoms with Crippen LogP contribution in [0, 0.1) is 5.92 Å². The predicted molar refractivity (Wildman–Crippen MR) is 90.0 cm³/mol. The van der Waals surface area contributed by atoms with Gasteiger partial charge in [0.2, 0.25) is 0 Å². The highest BCUT2D eigenvalue weighted by molar-refractivity contribution is 6.31. The summed E-state index contributed by atoms with van der Waals surface area (Å²) in [5.74, 6) is 0.429. The molecule has 0 heterocycles. The molecule has 0 bridgehead atoms. The molecule has 0 radical (unpaired) electrons. The first-order valence-corrected chi connectivity index (χ1v) is 7.85. The van der Waals surface area contributed by atoms with E-state index in [1.165, 1.54) is 0 Å². The first kappa shape index (κ1) is 15.5. The van der Waals surface area contributed by atoms with Gasteiger partial charge in [0.05, 0.1) is 5.92 Å². The van der Waals surface area contributed by atoms with Crippen molar-refractivity contribution in [1.82, 2.24) is 0 Å².